The summed E-state index contributed by atoms with van der Waals surface area (Å²) in [6, 6.07) is 0. The highest BCUT2D eigenvalue weighted by atomic mass is 16.8. The van der Waals surface area contributed by atoms with Crippen molar-refractivity contribution in [2.75, 3.05) is 6.61 Å². The van der Waals surface area contributed by atoms with Crippen LogP contribution in [0.3, 0.4) is 0 Å². The fourth-order valence-electron chi connectivity index (χ4n) is 9.22. The smallest absolute Gasteiger partial charge is 0.213 e. The lowest BCUT2D eigenvalue weighted by molar-refractivity contribution is -0.530. The summed E-state index contributed by atoms with van der Waals surface area (Å²) in [5.74, 6) is -3.12. The number of ketones is 1. The van der Waals surface area contributed by atoms with Gasteiger partial charge in [-0.2, -0.15) is 0 Å². The molecule has 3 spiro atoms. The van der Waals surface area contributed by atoms with Crippen LogP contribution in [0.2, 0.25) is 0 Å². The molecule has 2 N–H and O–H groups in total. The Kier molecular flexibility index (Phi) is 2.96. The van der Waals surface area contributed by atoms with Crippen LogP contribution in [-0.2, 0) is 23.7 Å². The lowest BCUT2D eigenvalue weighted by Crippen LogP contribution is -2.88. The number of Topliss-reactive ketones (excluding diaryl/α,β-unsaturated/α-hetero) is 1. The van der Waals surface area contributed by atoms with Crippen molar-refractivity contribution >= 4 is 5.78 Å². The Labute approximate surface area is 175 Å². The molecule has 7 nitrogen and oxygen atoms in total. The molecule has 4 saturated heterocycles. The minimum absolute atomic E-state index is 0.0757. The summed E-state index contributed by atoms with van der Waals surface area (Å²) in [7, 11) is 0. The predicted molar refractivity (Wildman–Crippen MR) is 102 cm³/mol. The molecule has 4 bridgehead atoms. The van der Waals surface area contributed by atoms with E-state index in [2.05, 4.69) is 6.58 Å². The maximum Gasteiger partial charge on any atom is 0.213 e. The molecule has 4 heterocycles. The Morgan fingerprint density at radius 2 is 1.80 bits per heavy atom. The molecule has 0 aromatic carbocycles. The Morgan fingerprint density at radius 3 is 2.53 bits per heavy atom. The number of aliphatic hydroxyl groups excluding tert-OH is 2. The monoisotopic (exact) mass is 418 g/mol. The van der Waals surface area contributed by atoms with Crippen LogP contribution in [0, 0.1) is 34.0 Å². The highest BCUT2D eigenvalue weighted by molar-refractivity contribution is 6.05. The number of hydrogen-bond acceptors (Lipinski definition) is 7. The molecule has 11 atom stereocenters. The van der Waals surface area contributed by atoms with E-state index >= 15 is 0 Å². The van der Waals surface area contributed by atoms with Crippen LogP contribution < -0.4 is 0 Å². The quantitative estimate of drug-likeness (QED) is 0.450. The van der Waals surface area contributed by atoms with Gasteiger partial charge in [0.25, 0.3) is 0 Å². The van der Waals surface area contributed by atoms with Gasteiger partial charge < -0.3 is 29.2 Å². The molecule has 8 fully saturated rings. The molecule has 4 aliphatic carbocycles. The maximum absolute atomic E-state index is 14.0. The second-order valence-electron chi connectivity index (χ2n) is 11.8. The summed E-state index contributed by atoms with van der Waals surface area (Å²) in [5, 5.41) is 23.1. The molecule has 4 saturated carbocycles. The van der Waals surface area contributed by atoms with Crippen molar-refractivity contribution in [2.45, 2.75) is 82.6 Å². The van der Waals surface area contributed by atoms with E-state index in [9.17, 15) is 15.0 Å². The average Bonchev–Trinajstić information content (AvgIpc) is 3.45. The number of ether oxygens (including phenoxy) is 4. The first kappa shape index (κ1) is 18.7. The summed E-state index contributed by atoms with van der Waals surface area (Å²) < 4.78 is 25.5. The van der Waals surface area contributed by atoms with Gasteiger partial charge in [-0.05, 0) is 43.6 Å². The van der Waals surface area contributed by atoms with E-state index < -0.39 is 46.1 Å². The first-order valence-corrected chi connectivity index (χ1v) is 11.2. The van der Waals surface area contributed by atoms with Crippen LogP contribution in [0.4, 0.5) is 0 Å². The number of aliphatic hydroxyl groups is 2. The van der Waals surface area contributed by atoms with Crippen LogP contribution in [0.25, 0.3) is 0 Å². The zero-order valence-electron chi connectivity index (χ0n) is 17.9. The SMILES string of the molecule is C=C1C(=O)[C@@]23[C@@H]4OC(C)(C)OC25OC[C@]2([C@@H]6O[C@@H]6[C@H](O)C(C)(C)[C@H]2[C@@H]5O)[C@@H]3CC[C@@H]14. The van der Waals surface area contributed by atoms with Crippen molar-refractivity contribution in [3.63, 3.8) is 0 Å². The molecule has 4 aliphatic heterocycles. The molecule has 8 aliphatic rings. The fourth-order valence-corrected chi connectivity index (χ4v) is 9.22. The van der Waals surface area contributed by atoms with E-state index in [1.54, 1.807) is 0 Å². The van der Waals surface area contributed by atoms with Crippen LogP contribution in [0.15, 0.2) is 12.2 Å². The third-order valence-corrected chi connectivity index (χ3v) is 10.0. The Balaban J connectivity index is 1.55. The van der Waals surface area contributed by atoms with Gasteiger partial charge in [0.15, 0.2) is 11.6 Å². The highest BCUT2D eigenvalue weighted by Gasteiger charge is 2.92. The minimum atomic E-state index is -1.51. The van der Waals surface area contributed by atoms with Gasteiger partial charge in [0.1, 0.15) is 17.6 Å². The molecular formula is C23H30O7. The standard InChI is InChI=1S/C23H30O7/c1-9-10-6-7-11-21-8-27-23(22(11,14(9)24)17(10)29-20(4,5)30-23)16(26)13(21)19(2,3)15(25)12-18(21)28-12/h10-13,15-18,25-26H,1,6-8H2,2-5H3/t10-,11-,12+,13+,15-,16-,17+,18+,21-,22-,23?/m0/s1. The topological polar surface area (TPSA) is 97.8 Å². The lowest BCUT2D eigenvalue weighted by Gasteiger charge is -2.76. The first-order chi connectivity index (χ1) is 14.0. The normalized spacial score (nSPS) is 63.1. The van der Waals surface area contributed by atoms with Crippen LogP contribution >= 0.6 is 0 Å². The van der Waals surface area contributed by atoms with Gasteiger partial charge in [-0.3, -0.25) is 4.79 Å². The van der Waals surface area contributed by atoms with Gasteiger partial charge in [0, 0.05) is 17.3 Å². The molecule has 0 amide bonds. The molecule has 30 heavy (non-hydrogen) atoms. The first-order valence-electron chi connectivity index (χ1n) is 11.2. The van der Waals surface area contributed by atoms with Crippen LogP contribution in [-0.4, -0.2) is 64.7 Å². The molecule has 0 radical (unpaired) electrons. The second-order valence-corrected chi connectivity index (χ2v) is 11.8. The van der Waals surface area contributed by atoms with Crippen molar-refractivity contribution in [3.8, 4) is 0 Å². The minimum Gasteiger partial charge on any atom is -0.390 e. The lowest BCUT2D eigenvalue weighted by atomic mass is 9.35. The summed E-state index contributed by atoms with van der Waals surface area (Å²) in [5.41, 5.74) is -1.73. The Hall–Kier alpha value is -0.830. The van der Waals surface area contributed by atoms with E-state index in [-0.39, 0.29) is 35.7 Å². The van der Waals surface area contributed by atoms with E-state index in [1.165, 1.54) is 0 Å². The van der Waals surface area contributed by atoms with Gasteiger partial charge in [0.05, 0.1) is 24.9 Å². The van der Waals surface area contributed by atoms with Crippen LogP contribution in [0.1, 0.15) is 40.5 Å². The zero-order valence-corrected chi connectivity index (χ0v) is 17.9. The van der Waals surface area contributed by atoms with Gasteiger partial charge in [0.2, 0.25) is 5.79 Å². The number of hydrogen-bond donors (Lipinski definition) is 2. The van der Waals surface area contributed by atoms with Gasteiger partial charge in [-0.15, -0.1) is 0 Å². The van der Waals surface area contributed by atoms with Crippen LogP contribution in [0.5, 0.6) is 0 Å². The van der Waals surface area contributed by atoms with Crippen molar-refractivity contribution < 1.29 is 34.0 Å². The maximum atomic E-state index is 14.0. The van der Waals surface area contributed by atoms with Gasteiger partial charge >= 0.3 is 0 Å². The van der Waals surface area contributed by atoms with Crippen molar-refractivity contribution in [1.29, 1.82) is 0 Å². The number of carbonyl (C=O) groups is 1. The van der Waals surface area contributed by atoms with E-state index in [0.717, 1.165) is 12.8 Å². The third kappa shape index (κ3) is 1.51. The summed E-state index contributed by atoms with van der Waals surface area (Å²) in [4.78, 5) is 14.0. The van der Waals surface area contributed by atoms with Crippen molar-refractivity contribution in [2.24, 2.45) is 34.0 Å². The largest absolute Gasteiger partial charge is 0.390 e. The number of epoxide rings is 1. The van der Waals surface area contributed by atoms with Gasteiger partial charge in [-0.25, -0.2) is 0 Å². The molecule has 1 unspecified atom stereocenters. The Bertz CT molecular complexity index is 911. The molecule has 164 valence electrons. The summed E-state index contributed by atoms with van der Waals surface area (Å²) in [6.45, 7) is 12.1. The summed E-state index contributed by atoms with van der Waals surface area (Å²) >= 11 is 0. The molecule has 8 rings (SSSR count). The number of carbonyl (C=O) groups excluding carboxylic acids is 1. The van der Waals surface area contributed by atoms with E-state index in [4.69, 9.17) is 18.9 Å². The number of rotatable bonds is 0. The molecule has 0 aromatic heterocycles. The fraction of sp³-hybridized carbons (Fsp3) is 0.870. The van der Waals surface area contributed by atoms with E-state index in [1.807, 2.05) is 27.7 Å². The van der Waals surface area contributed by atoms with Crippen molar-refractivity contribution in [1.82, 2.24) is 0 Å². The Morgan fingerprint density at radius 1 is 1.07 bits per heavy atom. The predicted octanol–water partition coefficient (Wildman–Crippen LogP) is 1.16. The number of fused-ring (bicyclic) bond motifs is 2. The van der Waals surface area contributed by atoms with E-state index in [0.29, 0.717) is 12.2 Å². The highest BCUT2D eigenvalue weighted by Crippen LogP contribution is 2.81. The molecular weight excluding hydrogens is 388 g/mol. The third-order valence-electron chi connectivity index (χ3n) is 10.0. The second kappa shape index (κ2) is 4.75. The summed E-state index contributed by atoms with van der Waals surface area (Å²) in [6.07, 6.45) is -1.09. The zero-order chi connectivity index (χ0) is 21.2. The molecule has 0 aromatic rings. The molecule has 7 heteroatoms. The van der Waals surface area contributed by atoms with Gasteiger partial charge in [-0.1, -0.05) is 20.4 Å². The van der Waals surface area contributed by atoms with Crippen molar-refractivity contribution in [3.05, 3.63) is 12.2 Å². The average molecular weight is 418 g/mol.